The standard InChI is InChI=1S/C11H17N3O2/c1-4-11(10(15)16-3)9-8(12-6-13-9)5-7(2)14-11/h6-7,14H,4-5H2,1-3H3,(H,12,13)/t7-,11-/m1/s1. The molecule has 16 heavy (non-hydrogen) atoms. The molecule has 5 heteroatoms. The van der Waals surface area contributed by atoms with Crippen LogP contribution in [0.5, 0.6) is 0 Å². The summed E-state index contributed by atoms with van der Waals surface area (Å²) in [6, 6.07) is 0.229. The molecule has 0 bridgehead atoms. The Morgan fingerprint density at radius 3 is 3.12 bits per heavy atom. The summed E-state index contributed by atoms with van der Waals surface area (Å²) in [5, 5.41) is 3.32. The zero-order valence-electron chi connectivity index (χ0n) is 9.83. The third-order valence-corrected chi connectivity index (χ3v) is 3.19. The van der Waals surface area contributed by atoms with Crippen LogP contribution in [0.15, 0.2) is 6.33 Å². The maximum absolute atomic E-state index is 12.0. The van der Waals surface area contributed by atoms with E-state index >= 15 is 0 Å². The van der Waals surface area contributed by atoms with Gasteiger partial charge < -0.3 is 9.72 Å². The fourth-order valence-corrected chi connectivity index (χ4v) is 2.43. The summed E-state index contributed by atoms with van der Waals surface area (Å²) < 4.78 is 4.90. The van der Waals surface area contributed by atoms with Crippen molar-refractivity contribution in [1.82, 2.24) is 15.3 Å². The molecular weight excluding hydrogens is 206 g/mol. The third-order valence-electron chi connectivity index (χ3n) is 3.19. The number of nitrogens with one attached hydrogen (secondary N) is 2. The number of imidazole rings is 1. The largest absolute Gasteiger partial charge is 0.467 e. The van der Waals surface area contributed by atoms with Crippen LogP contribution < -0.4 is 5.32 Å². The van der Waals surface area contributed by atoms with E-state index in [9.17, 15) is 4.79 Å². The first kappa shape index (κ1) is 11.1. The Labute approximate surface area is 94.6 Å². The Balaban J connectivity index is 2.51. The molecule has 2 rings (SSSR count). The van der Waals surface area contributed by atoms with E-state index in [1.165, 1.54) is 7.11 Å². The van der Waals surface area contributed by atoms with Gasteiger partial charge in [-0.15, -0.1) is 0 Å². The van der Waals surface area contributed by atoms with E-state index in [4.69, 9.17) is 4.74 Å². The number of aromatic nitrogens is 2. The highest BCUT2D eigenvalue weighted by Crippen LogP contribution is 2.32. The van der Waals surface area contributed by atoms with Crippen LogP contribution in [0.1, 0.15) is 31.7 Å². The fraction of sp³-hybridized carbons (Fsp3) is 0.636. The van der Waals surface area contributed by atoms with Crippen molar-refractivity contribution in [2.24, 2.45) is 0 Å². The summed E-state index contributed by atoms with van der Waals surface area (Å²) in [4.78, 5) is 19.4. The molecule has 0 amide bonds. The minimum atomic E-state index is -0.790. The van der Waals surface area contributed by atoms with E-state index in [1.807, 2.05) is 6.92 Å². The third kappa shape index (κ3) is 1.43. The molecular formula is C11H17N3O2. The molecule has 88 valence electrons. The lowest BCUT2D eigenvalue weighted by molar-refractivity contribution is -0.150. The average molecular weight is 223 g/mol. The van der Waals surface area contributed by atoms with E-state index in [-0.39, 0.29) is 12.0 Å². The molecule has 0 aromatic carbocycles. The smallest absolute Gasteiger partial charge is 0.332 e. The van der Waals surface area contributed by atoms with E-state index in [0.29, 0.717) is 6.42 Å². The van der Waals surface area contributed by atoms with Crippen molar-refractivity contribution in [3.8, 4) is 0 Å². The molecule has 0 radical (unpaired) electrons. The summed E-state index contributed by atoms with van der Waals surface area (Å²) >= 11 is 0. The number of carbonyl (C=O) groups excluding carboxylic acids is 1. The molecule has 0 fully saturated rings. The van der Waals surface area contributed by atoms with Crippen LogP contribution in [0, 0.1) is 0 Å². The maximum atomic E-state index is 12.0. The van der Waals surface area contributed by atoms with E-state index in [1.54, 1.807) is 6.33 Å². The zero-order chi connectivity index (χ0) is 11.8. The molecule has 1 aliphatic heterocycles. The number of fused-ring (bicyclic) bond motifs is 1. The van der Waals surface area contributed by atoms with Crippen LogP contribution in [0.2, 0.25) is 0 Å². The Bertz CT molecular complexity index is 402. The lowest BCUT2D eigenvalue weighted by atomic mass is 9.84. The molecule has 0 saturated heterocycles. The lowest BCUT2D eigenvalue weighted by Crippen LogP contribution is -2.56. The lowest BCUT2D eigenvalue weighted by Gasteiger charge is -2.37. The topological polar surface area (TPSA) is 67.0 Å². The van der Waals surface area contributed by atoms with Crippen LogP contribution in [-0.4, -0.2) is 29.1 Å². The fourth-order valence-electron chi connectivity index (χ4n) is 2.43. The molecule has 2 N–H and O–H groups in total. The molecule has 0 spiro atoms. The number of nitrogens with zero attached hydrogens (tertiary/aromatic N) is 1. The Hall–Kier alpha value is -1.36. The van der Waals surface area contributed by atoms with Gasteiger partial charge in [-0.2, -0.15) is 0 Å². The number of carbonyl (C=O) groups is 1. The number of hydrogen-bond donors (Lipinski definition) is 2. The van der Waals surface area contributed by atoms with Crippen LogP contribution in [0.25, 0.3) is 0 Å². The number of ether oxygens (including phenoxy) is 1. The van der Waals surface area contributed by atoms with Crippen LogP contribution in [0.4, 0.5) is 0 Å². The maximum Gasteiger partial charge on any atom is 0.332 e. The molecule has 0 saturated carbocycles. The monoisotopic (exact) mass is 223 g/mol. The van der Waals surface area contributed by atoms with Crippen molar-refractivity contribution in [2.45, 2.75) is 38.3 Å². The summed E-state index contributed by atoms with van der Waals surface area (Å²) in [7, 11) is 1.41. The van der Waals surface area contributed by atoms with Crippen molar-refractivity contribution < 1.29 is 9.53 Å². The Morgan fingerprint density at radius 1 is 1.75 bits per heavy atom. The summed E-state index contributed by atoms with van der Waals surface area (Å²) in [6.07, 6.45) is 3.12. The number of aromatic amines is 1. The Kier molecular flexibility index (Phi) is 2.71. The van der Waals surface area contributed by atoms with Crippen molar-refractivity contribution in [3.05, 3.63) is 17.7 Å². The van der Waals surface area contributed by atoms with E-state index in [2.05, 4.69) is 22.2 Å². The molecule has 5 nitrogen and oxygen atoms in total. The molecule has 1 aliphatic rings. The van der Waals surface area contributed by atoms with Gasteiger partial charge in [-0.05, 0) is 13.3 Å². The SMILES string of the molecule is CC[C@@]1(C(=O)OC)N[C@H](C)Cc2[nH]cnc21. The summed E-state index contributed by atoms with van der Waals surface area (Å²) in [6.45, 7) is 4.01. The minimum Gasteiger partial charge on any atom is -0.467 e. The number of methoxy groups -OCH3 is 1. The van der Waals surface area contributed by atoms with Crippen LogP contribution in [0.3, 0.4) is 0 Å². The zero-order valence-corrected chi connectivity index (χ0v) is 9.83. The first-order valence-corrected chi connectivity index (χ1v) is 5.53. The van der Waals surface area contributed by atoms with E-state index < -0.39 is 5.54 Å². The quantitative estimate of drug-likeness (QED) is 0.725. The highest BCUT2D eigenvalue weighted by molar-refractivity contribution is 5.82. The highest BCUT2D eigenvalue weighted by atomic mass is 16.5. The molecule has 2 atom stereocenters. The van der Waals surface area contributed by atoms with Gasteiger partial charge >= 0.3 is 5.97 Å². The van der Waals surface area contributed by atoms with Crippen molar-refractivity contribution >= 4 is 5.97 Å². The van der Waals surface area contributed by atoms with E-state index in [0.717, 1.165) is 17.8 Å². The normalized spacial score (nSPS) is 28.6. The number of hydrogen-bond acceptors (Lipinski definition) is 4. The van der Waals surface area contributed by atoms with Gasteiger partial charge in [0.25, 0.3) is 0 Å². The molecule has 1 aromatic rings. The van der Waals surface area contributed by atoms with Crippen molar-refractivity contribution in [1.29, 1.82) is 0 Å². The van der Waals surface area contributed by atoms with Gasteiger partial charge in [-0.1, -0.05) is 6.92 Å². The predicted octanol–water partition coefficient (Wildman–Crippen LogP) is 0.722. The molecule has 2 heterocycles. The number of rotatable bonds is 2. The van der Waals surface area contributed by atoms with Gasteiger partial charge in [0.05, 0.1) is 19.1 Å². The first-order valence-electron chi connectivity index (χ1n) is 5.53. The second-order valence-electron chi connectivity index (χ2n) is 4.23. The average Bonchev–Trinajstić information content (AvgIpc) is 2.74. The van der Waals surface area contributed by atoms with Gasteiger partial charge in [0.15, 0.2) is 5.54 Å². The first-order chi connectivity index (χ1) is 7.64. The van der Waals surface area contributed by atoms with Gasteiger partial charge in [0, 0.05) is 18.2 Å². The predicted molar refractivity (Wildman–Crippen MR) is 58.9 cm³/mol. The number of esters is 1. The second kappa shape index (κ2) is 3.90. The summed E-state index contributed by atoms with van der Waals surface area (Å²) in [5.74, 6) is -0.269. The molecule has 0 aliphatic carbocycles. The van der Waals surface area contributed by atoms with Crippen molar-refractivity contribution in [2.75, 3.05) is 7.11 Å². The van der Waals surface area contributed by atoms with Gasteiger partial charge in [0.1, 0.15) is 0 Å². The Morgan fingerprint density at radius 2 is 2.50 bits per heavy atom. The number of H-pyrrole nitrogens is 1. The van der Waals surface area contributed by atoms with Gasteiger partial charge in [-0.3, -0.25) is 5.32 Å². The molecule has 0 unspecified atom stereocenters. The highest BCUT2D eigenvalue weighted by Gasteiger charge is 2.46. The van der Waals surface area contributed by atoms with Crippen LogP contribution >= 0.6 is 0 Å². The van der Waals surface area contributed by atoms with Gasteiger partial charge in [0.2, 0.25) is 0 Å². The van der Waals surface area contributed by atoms with Gasteiger partial charge in [-0.25, -0.2) is 9.78 Å². The van der Waals surface area contributed by atoms with Crippen molar-refractivity contribution in [3.63, 3.8) is 0 Å². The molecule has 1 aromatic heterocycles. The summed E-state index contributed by atoms with van der Waals surface area (Å²) in [5.41, 5.74) is 1.01. The minimum absolute atomic E-state index is 0.229. The second-order valence-corrected chi connectivity index (χ2v) is 4.23. The van der Waals surface area contributed by atoms with Crippen LogP contribution in [-0.2, 0) is 21.5 Å².